The number of halogens is 4. The highest BCUT2D eigenvalue weighted by Crippen LogP contribution is 2.50. The van der Waals surface area contributed by atoms with E-state index < -0.39 is 254 Å². The fraction of sp³-hybridized carbons (Fsp3) is 0.370. The number of ether oxygens (including phenoxy) is 6. The van der Waals surface area contributed by atoms with Gasteiger partial charge in [0.05, 0.1) is 46.9 Å². The zero-order valence-corrected chi connectivity index (χ0v) is 69.0. The minimum absolute atomic E-state index is 0.0537. The number of hydrogen-bond acceptors (Lipinski definition) is 28. The van der Waals surface area contributed by atoms with Crippen molar-refractivity contribution in [1.82, 2.24) is 58.4 Å². The maximum absolute atomic E-state index is 16.3. The Hall–Kier alpha value is -11.3. The lowest BCUT2D eigenvalue weighted by Crippen LogP contribution is -2.65. The van der Waals surface area contributed by atoms with Crippen LogP contribution in [-0.2, 0) is 63.9 Å². The predicted molar refractivity (Wildman–Crippen MR) is 435 cm³/mol. The van der Waals surface area contributed by atoms with E-state index >= 15 is 24.0 Å². The molecule has 7 aliphatic heterocycles. The van der Waals surface area contributed by atoms with E-state index in [1.54, 1.807) is 6.92 Å². The summed E-state index contributed by atoms with van der Waals surface area (Å²) in [6.07, 6.45) is -16.7. The molecule has 7 aromatic rings. The standard InChI is InChI=1S/C81H87Cl4N13O25/c1-31(2)13-48(87-6)73(111)95-63-65(105)36-8-11-52(46(84)16-36)119-54-18-38-19-55(69(54)123-80-70(68(108)67(107)56(30-99)121-80)122-58-26-81(5,71(109)32(3)118-58)89-28-34-14-39(29-88-27-34)72(110)90-42-21-40(82)20-41(83)22-42)120-53-12-9-37(17-47(53)85)66(106)64-78(116)94-62(79(117)98-97-33(4)100)45-23-43(101)24-51(103)59(45)44-15-35(7-10-50(44)102)60(75(113)96-64)93-76(114)61(38)92-74(112)49(25-57(86)104)91-77(63)115/h7-12,14-24,27,29,31-32,48-49,56,58,60-68,70-71,80,87,89,99,101-103,105-109H,13,25-26,28,30H2,1-6H3,(H2,86,104)(H,90,110)(H,91,115)(H,92,112)(H,93,114)(H,94,116)(H,95,111)(H,96,113)(H,97,100)(H,98,117)/t32-,48+,49-,56+,58-,60+,61+,62+,63+,64-,65+,66+,67+,68-,70+,71+,80-,81-/m0/s1. The SMILES string of the molecule is CN[C@H](CC(C)C)C(=O)N[C@H]1C(=O)N[C@@H](CC(N)=O)C(=O)N[C@H]2C(=O)N[C@H]3C(=O)N[C@H](C(=O)N[C@@H](C(=O)NNC(C)=O)c4cc(O)cc(O)c4-c4cc3ccc4O)[C@H](O)c3ccc(c(Cl)c3)Oc3cc2cc(c3O[C@@H]2O[C@H](CO)[C@@H](O)[C@H](O)[C@H]2O[C@H]2C[C@](C)(NCc3cncc(C(=O)Nc4cc(Cl)cc(Cl)c4)c3)[C@H](O)[C@H](C)O2)Oc2ccc(cc2Cl)[C@H]1O. The summed E-state index contributed by atoms with van der Waals surface area (Å²) in [5.41, 5.74) is 6.56. The van der Waals surface area contributed by atoms with Gasteiger partial charge >= 0.3 is 0 Å². The Morgan fingerprint density at radius 2 is 1.32 bits per heavy atom. The number of aliphatic hydroxyl groups excluding tert-OH is 6. The average Bonchev–Trinajstić information content (AvgIpc) is 0.759. The second-order valence-electron chi connectivity index (χ2n) is 30.5. The van der Waals surface area contributed by atoms with Crippen molar-refractivity contribution in [3.05, 3.63) is 175 Å². The number of hydrazine groups is 1. The number of nitrogens with one attached hydrogen (secondary N) is 11. The van der Waals surface area contributed by atoms with Crippen LogP contribution in [0, 0.1) is 5.92 Å². The summed E-state index contributed by atoms with van der Waals surface area (Å²) in [5, 5.41) is 130. The molecule has 22 N–H and O–H groups in total. The van der Waals surface area contributed by atoms with E-state index in [2.05, 4.69) is 63.7 Å². The van der Waals surface area contributed by atoms with Gasteiger partial charge in [0.2, 0.25) is 59.3 Å². The molecule has 8 heterocycles. The van der Waals surface area contributed by atoms with Gasteiger partial charge in [-0.3, -0.25) is 63.8 Å². The van der Waals surface area contributed by atoms with Crippen LogP contribution in [0.3, 0.4) is 0 Å². The van der Waals surface area contributed by atoms with Gasteiger partial charge in [-0.15, -0.1) is 0 Å². The minimum Gasteiger partial charge on any atom is -0.508 e. The first-order valence-corrected chi connectivity index (χ1v) is 39.8. The number of primary amides is 1. The van der Waals surface area contributed by atoms with Crippen LogP contribution < -0.4 is 78.6 Å². The quantitative estimate of drug-likeness (QED) is 0.0549. The molecule has 38 nitrogen and oxygen atoms in total. The molecule has 2 fully saturated rings. The van der Waals surface area contributed by atoms with Crippen molar-refractivity contribution in [1.29, 1.82) is 0 Å². The third-order valence-corrected chi connectivity index (χ3v) is 22.0. The number of nitrogens with zero attached hydrogens (tertiary/aromatic N) is 1. The summed E-state index contributed by atoms with van der Waals surface area (Å²) in [6, 6.07) is 5.18. The van der Waals surface area contributed by atoms with Crippen molar-refractivity contribution < 1.29 is 122 Å². The highest BCUT2D eigenvalue weighted by molar-refractivity contribution is 6.35. The summed E-state index contributed by atoms with van der Waals surface area (Å²) in [5.74, 6) is -17.2. The van der Waals surface area contributed by atoms with Crippen LogP contribution in [0.5, 0.6) is 46.0 Å². The Kier molecular flexibility index (Phi) is 28.2. The number of nitrogens with two attached hydrogens (primary N) is 1. The Bertz CT molecular complexity index is 5270. The number of hydrogen-bond donors (Lipinski definition) is 21. The van der Waals surface area contributed by atoms with Crippen LogP contribution in [0.15, 0.2) is 116 Å². The third kappa shape index (κ3) is 20.6. The Labute approximate surface area is 720 Å². The van der Waals surface area contributed by atoms with Gasteiger partial charge in [0.1, 0.15) is 95.5 Å². The molecule has 0 radical (unpaired) electrons. The lowest BCUT2D eigenvalue weighted by Gasteiger charge is -2.48. The highest BCUT2D eigenvalue weighted by atomic mass is 35.5. The average molecular weight is 1780 g/mol. The highest BCUT2D eigenvalue weighted by Gasteiger charge is 2.52. The molecule has 0 saturated carbocycles. The lowest BCUT2D eigenvalue weighted by atomic mass is 9.84. The number of benzene rings is 6. The maximum Gasteiger partial charge on any atom is 0.265 e. The van der Waals surface area contributed by atoms with Crippen LogP contribution in [0.1, 0.15) is 128 Å². The number of phenols is 3. The molecule has 654 valence electrons. The fourth-order valence-electron chi connectivity index (χ4n) is 14.7. The van der Waals surface area contributed by atoms with E-state index in [0.717, 1.165) is 73.7 Å². The summed E-state index contributed by atoms with van der Waals surface area (Å²) < 4.78 is 39.5. The van der Waals surface area contributed by atoms with Crippen LogP contribution in [0.25, 0.3) is 11.1 Å². The summed E-state index contributed by atoms with van der Waals surface area (Å²) >= 11 is 26.7. The normalized spacial score (nSPS) is 26.1. The molecule has 10 amide bonds. The molecule has 0 spiro atoms. The number of rotatable bonds is 18. The maximum atomic E-state index is 16.3. The van der Waals surface area contributed by atoms with Gasteiger partial charge in [-0.05, 0) is 145 Å². The molecule has 11 bridgehead atoms. The molecular weight excluding hydrogens is 1700 g/mol. The first-order valence-electron chi connectivity index (χ1n) is 38.3. The molecule has 1 aromatic heterocycles. The number of aliphatic hydroxyl groups is 6. The first kappa shape index (κ1) is 90.9. The molecular formula is C81H87Cl4N13O25. The molecule has 7 aliphatic rings. The van der Waals surface area contributed by atoms with Crippen molar-refractivity contribution in [2.45, 2.75) is 170 Å². The Morgan fingerprint density at radius 3 is 1.94 bits per heavy atom. The molecule has 18 atom stereocenters. The van der Waals surface area contributed by atoms with Gasteiger partial charge in [0.25, 0.3) is 11.8 Å². The smallest absolute Gasteiger partial charge is 0.265 e. The number of likely N-dealkylation sites (N-methyl/N-ethyl adjacent to an activating group) is 1. The van der Waals surface area contributed by atoms with Crippen molar-refractivity contribution in [2.24, 2.45) is 11.7 Å². The van der Waals surface area contributed by atoms with Crippen molar-refractivity contribution in [3.63, 3.8) is 0 Å². The van der Waals surface area contributed by atoms with Crippen molar-refractivity contribution >= 4 is 111 Å². The minimum atomic E-state index is -2.40. The van der Waals surface area contributed by atoms with Gasteiger partial charge in [-0.25, -0.2) is 0 Å². The van der Waals surface area contributed by atoms with Crippen molar-refractivity contribution in [2.75, 3.05) is 19.0 Å². The largest absolute Gasteiger partial charge is 0.508 e. The second kappa shape index (κ2) is 38.2. The van der Waals surface area contributed by atoms with E-state index in [9.17, 15) is 69.9 Å². The first-order chi connectivity index (χ1) is 58.3. The molecule has 0 aliphatic carbocycles. The van der Waals surface area contributed by atoms with E-state index in [1.807, 2.05) is 13.8 Å². The number of fused-ring (bicyclic) bond motifs is 15. The second-order valence-corrected chi connectivity index (χ2v) is 32.2. The monoisotopic (exact) mass is 1780 g/mol. The summed E-state index contributed by atoms with van der Waals surface area (Å²) in [4.78, 5) is 150. The molecule has 2 saturated heterocycles. The number of amides is 10. The Balaban J connectivity index is 1.03. The van der Waals surface area contributed by atoms with Crippen LogP contribution >= 0.6 is 46.4 Å². The van der Waals surface area contributed by atoms with E-state index in [0.29, 0.717) is 11.3 Å². The Morgan fingerprint density at radius 1 is 0.683 bits per heavy atom. The summed E-state index contributed by atoms with van der Waals surface area (Å²) in [6.45, 7) is 6.68. The number of carbonyl (C=O) groups is 10. The third-order valence-electron chi connectivity index (χ3n) is 21.0. The van der Waals surface area contributed by atoms with Crippen LogP contribution in [-0.4, -0.2) is 203 Å². The topological polar surface area (TPSA) is 579 Å². The number of aromatic hydroxyl groups is 3. The molecule has 6 aromatic carbocycles. The predicted octanol–water partition coefficient (Wildman–Crippen LogP) is 2.97. The molecule has 123 heavy (non-hydrogen) atoms. The fourth-order valence-corrected chi connectivity index (χ4v) is 15.7. The lowest BCUT2D eigenvalue weighted by molar-refractivity contribution is -0.334. The van der Waals surface area contributed by atoms with Gasteiger partial charge in [0, 0.05) is 70.7 Å². The van der Waals surface area contributed by atoms with Crippen LogP contribution in [0.4, 0.5) is 5.69 Å². The van der Waals surface area contributed by atoms with E-state index in [4.69, 9.17) is 80.6 Å². The van der Waals surface area contributed by atoms with Gasteiger partial charge in [0.15, 0.2) is 23.9 Å². The van der Waals surface area contributed by atoms with Crippen LogP contribution in [0.2, 0.25) is 20.1 Å². The molecule has 42 heteroatoms. The molecule has 0 unspecified atom stereocenters. The number of pyridine rings is 1. The zero-order valence-electron chi connectivity index (χ0n) is 66.0. The molecule has 14 rings (SSSR count). The van der Waals surface area contributed by atoms with Gasteiger partial charge in [-0.1, -0.05) is 78.5 Å². The number of aromatic nitrogens is 1. The number of anilines is 1. The van der Waals surface area contributed by atoms with Gasteiger partial charge in [-0.2, -0.15) is 0 Å². The van der Waals surface area contributed by atoms with E-state index in [1.165, 1.54) is 62.8 Å². The summed E-state index contributed by atoms with van der Waals surface area (Å²) in [7, 11) is 1.47. The van der Waals surface area contributed by atoms with Gasteiger partial charge < -0.3 is 128 Å². The zero-order chi connectivity index (χ0) is 89.1. The van der Waals surface area contributed by atoms with E-state index in [-0.39, 0.29) is 63.4 Å². The van der Waals surface area contributed by atoms with Crippen molar-refractivity contribution in [3.8, 4) is 57.1 Å². The number of phenolic OH excluding ortho intramolecular Hbond substituents is 3. The number of carbonyl (C=O) groups excluding carboxylic acids is 10.